The fourth-order valence-corrected chi connectivity index (χ4v) is 2.94. The van der Waals surface area contributed by atoms with Gasteiger partial charge in [0.15, 0.2) is 0 Å². The van der Waals surface area contributed by atoms with Gasteiger partial charge in [0.05, 0.1) is 12.2 Å². The van der Waals surface area contributed by atoms with E-state index in [1.807, 2.05) is 26.0 Å². The van der Waals surface area contributed by atoms with Crippen LogP contribution < -0.4 is 10.1 Å². The molecular weight excluding hydrogens is 380 g/mol. The standard InChI is InChI=1S/C21H17ClN2O2S/c1-14-3-6-16(7-4-14)20(25)24-15(2)5-12-19-13-23-21(27-19)26-18-10-8-17(22)9-11-18/h3-4,6-11,13,15H,1-2H3,(H,24,25). The molecule has 1 heterocycles. The van der Waals surface area contributed by atoms with E-state index < -0.39 is 0 Å². The fourth-order valence-electron chi connectivity index (χ4n) is 2.17. The molecule has 3 aromatic rings. The second kappa shape index (κ2) is 8.72. The number of aromatic nitrogens is 1. The van der Waals surface area contributed by atoms with Crippen LogP contribution in [0.25, 0.3) is 0 Å². The number of hydrogen-bond donors (Lipinski definition) is 1. The van der Waals surface area contributed by atoms with Crippen LogP contribution in [0.3, 0.4) is 0 Å². The normalized spacial score (nSPS) is 11.2. The quantitative estimate of drug-likeness (QED) is 0.626. The van der Waals surface area contributed by atoms with Crippen molar-refractivity contribution in [2.45, 2.75) is 19.9 Å². The lowest BCUT2D eigenvalue weighted by molar-refractivity contribution is 0.0948. The number of ether oxygens (including phenoxy) is 1. The Bertz CT molecular complexity index is 986. The third kappa shape index (κ3) is 5.58. The van der Waals surface area contributed by atoms with Crippen molar-refractivity contribution < 1.29 is 9.53 Å². The van der Waals surface area contributed by atoms with Crippen molar-refractivity contribution in [1.29, 1.82) is 0 Å². The Morgan fingerprint density at radius 3 is 2.59 bits per heavy atom. The van der Waals surface area contributed by atoms with E-state index in [4.69, 9.17) is 16.3 Å². The Morgan fingerprint density at radius 2 is 1.89 bits per heavy atom. The topological polar surface area (TPSA) is 51.2 Å². The summed E-state index contributed by atoms with van der Waals surface area (Å²) >= 11 is 7.19. The van der Waals surface area contributed by atoms with E-state index in [0.29, 0.717) is 21.5 Å². The molecule has 0 aliphatic heterocycles. The maximum atomic E-state index is 12.2. The molecule has 1 amide bonds. The molecule has 1 unspecified atom stereocenters. The zero-order chi connectivity index (χ0) is 19.2. The maximum Gasteiger partial charge on any atom is 0.279 e. The molecule has 0 saturated carbocycles. The zero-order valence-electron chi connectivity index (χ0n) is 14.8. The fraction of sp³-hybridized carbons (Fsp3) is 0.143. The van der Waals surface area contributed by atoms with Crippen molar-refractivity contribution in [2.24, 2.45) is 0 Å². The lowest BCUT2D eigenvalue weighted by atomic mass is 10.1. The molecule has 0 saturated heterocycles. The van der Waals surface area contributed by atoms with Crippen LogP contribution in [0.15, 0.2) is 54.7 Å². The van der Waals surface area contributed by atoms with Gasteiger partial charge in [-0.25, -0.2) is 4.98 Å². The Kier molecular flexibility index (Phi) is 6.12. The Hall–Kier alpha value is -2.81. The summed E-state index contributed by atoms with van der Waals surface area (Å²) in [7, 11) is 0. The van der Waals surface area contributed by atoms with Crippen molar-refractivity contribution in [3.8, 4) is 22.8 Å². The summed E-state index contributed by atoms with van der Waals surface area (Å²) in [6, 6.07) is 14.2. The van der Waals surface area contributed by atoms with Gasteiger partial charge < -0.3 is 10.1 Å². The molecule has 0 aliphatic rings. The van der Waals surface area contributed by atoms with Gasteiger partial charge in [0.2, 0.25) is 0 Å². The molecule has 1 atom stereocenters. The van der Waals surface area contributed by atoms with Crippen LogP contribution in [0.5, 0.6) is 10.9 Å². The van der Waals surface area contributed by atoms with E-state index in [1.165, 1.54) is 11.3 Å². The highest BCUT2D eigenvalue weighted by atomic mass is 35.5. The number of hydrogen-bond acceptors (Lipinski definition) is 4. The maximum absolute atomic E-state index is 12.2. The highest BCUT2D eigenvalue weighted by molar-refractivity contribution is 7.13. The second-order valence-electron chi connectivity index (χ2n) is 5.88. The monoisotopic (exact) mass is 396 g/mol. The van der Waals surface area contributed by atoms with Crippen LogP contribution in [-0.4, -0.2) is 16.9 Å². The number of nitrogens with one attached hydrogen (secondary N) is 1. The van der Waals surface area contributed by atoms with E-state index >= 15 is 0 Å². The minimum atomic E-state index is -0.290. The van der Waals surface area contributed by atoms with E-state index in [2.05, 4.69) is 22.1 Å². The lowest BCUT2D eigenvalue weighted by Crippen LogP contribution is -2.31. The lowest BCUT2D eigenvalue weighted by Gasteiger charge is -2.07. The van der Waals surface area contributed by atoms with Gasteiger partial charge in [-0.3, -0.25) is 4.79 Å². The van der Waals surface area contributed by atoms with Gasteiger partial charge in [-0.05, 0) is 50.2 Å². The average molecular weight is 397 g/mol. The minimum absolute atomic E-state index is 0.145. The van der Waals surface area contributed by atoms with Gasteiger partial charge in [-0.1, -0.05) is 52.5 Å². The van der Waals surface area contributed by atoms with Crippen LogP contribution in [-0.2, 0) is 0 Å². The van der Waals surface area contributed by atoms with Crippen molar-refractivity contribution in [3.63, 3.8) is 0 Å². The molecule has 0 fully saturated rings. The summed E-state index contributed by atoms with van der Waals surface area (Å²) in [5.74, 6) is 6.54. The van der Waals surface area contributed by atoms with Crippen LogP contribution in [0.4, 0.5) is 0 Å². The van der Waals surface area contributed by atoms with Crippen LogP contribution in [0, 0.1) is 18.8 Å². The first kappa shape index (κ1) is 19.0. The van der Waals surface area contributed by atoms with Crippen molar-refractivity contribution >= 4 is 28.8 Å². The number of halogens is 1. The highest BCUT2D eigenvalue weighted by Crippen LogP contribution is 2.26. The predicted molar refractivity (Wildman–Crippen MR) is 109 cm³/mol. The first-order valence-corrected chi connectivity index (χ1v) is 9.47. The van der Waals surface area contributed by atoms with Gasteiger partial charge in [0.25, 0.3) is 11.1 Å². The molecular formula is C21H17ClN2O2S. The Labute approximate surface area is 167 Å². The average Bonchev–Trinajstić information content (AvgIpc) is 3.10. The van der Waals surface area contributed by atoms with Crippen molar-refractivity contribution in [1.82, 2.24) is 10.3 Å². The smallest absolute Gasteiger partial charge is 0.279 e. The SMILES string of the molecule is Cc1ccc(C(=O)NC(C)C#Cc2cnc(Oc3ccc(Cl)cc3)s2)cc1. The number of nitrogens with zero attached hydrogens (tertiary/aromatic N) is 1. The van der Waals surface area contributed by atoms with Crippen molar-refractivity contribution in [2.75, 3.05) is 0 Å². The van der Waals surface area contributed by atoms with Crippen LogP contribution >= 0.6 is 22.9 Å². The second-order valence-corrected chi connectivity index (χ2v) is 7.31. The zero-order valence-corrected chi connectivity index (χ0v) is 16.4. The number of carbonyl (C=O) groups is 1. The summed E-state index contributed by atoms with van der Waals surface area (Å²) in [6.07, 6.45) is 1.65. The van der Waals surface area contributed by atoms with Crippen LogP contribution in [0.2, 0.25) is 5.02 Å². The number of amides is 1. The number of rotatable bonds is 4. The highest BCUT2D eigenvalue weighted by Gasteiger charge is 2.08. The molecule has 0 spiro atoms. The van der Waals surface area contributed by atoms with Gasteiger partial charge in [-0.2, -0.15) is 0 Å². The largest absolute Gasteiger partial charge is 0.431 e. The number of carbonyl (C=O) groups excluding carboxylic acids is 1. The van der Waals surface area contributed by atoms with Gasteiger partial charge in [-0.15, -0.1) is 0 Å². The molecule has 0 radical (unpaired) electrons. The molecule has 2 aromatic carbocycles. The third-order valence-electron chi connectivity index (χ3n) is 3.58. The van der Waals surface area contributed by atoms with E-state index in [9.17, 15) is 4.79 Å². The molecule has 6 heteroatoms. The molecule has 3 rings (SSSR count). The third-order valence-corrected chi connectivity index (χ3v) is 4.62. The molecule has 27 heavy (non-hydrogen) atoms. The molecule has 0 bridgehead atoms. The van der Waals surface area contributed by atoms with E-state index in [1.54, 1.807) is 42.6 Å². The molecule has 4 nitrogen and oxygen atoms in total. The van der Waals surface area contributed by atoms with E-state index in [-0.39, 0.29) is 11.9 Å². The predicted octanol–water partition coefficient (Wildman–Crippen LogP) is 5.07. The van der Waals surface area contributed by atoms with Gasteiger partial charge in [0, 0.05) is 10.6 Å². The summed E-state index contributed by atoms with van der Waals surface area (Å²) in [6.45, 7) is 3.82. The minimum Gasteiger partial charge on any atom is -0.431 e. The Balaban J connectivity index is 1.58. The summed E-state index contributed by atoms with van der Waals surface area (Å²) in [5, 5.41) is 4.01. The number of benzene rings is 2. The summed E-state index contributed by atoms with van der Waals surface area (Å²) < 4.78 is 5.66. The van der Waals surface area contributed by atoms with Crippen LogP contribution in [0.1, 0.15) is 27.7 Å². The molecule has 136 valence electrons. The molecule has 1 N–H and O–H groups in total. The van der Waals surface area contributed by atoms with Crippen molar-refractivity contribution in [3.05, 3.63) is 75.8 Å². The Morgan fingerprint density at radius 1 is 1.19 bits per heavy atom. The summed E-state index contributed by atoms with van der Waals surface area (Å²) in [5.41, 5.74) is 1.73. The molecule has 1 aromatic heterocycles. The molecule has 0 aliphatic carbocycles. The van der Waals surface area contributed by atoms with Gasteiger partial charge >= 0.3 is 0 Å². The summed E-state index contributed by atoms with van der Waals surface area (Å²) in [4.78, 5) is 17.2. The van der Waals surface area contributed by atoms with E-state index in [0.717, 1.165) is 10.4 Å². The number of thiazole rings is 1. The number of aryl methyl sites for hydroxylation is 1. The van der Waals surface area contributed by atoms with Gasteiger partial charge in [0.1, 0.15) is 10.6 Å². The first-order chi connectivity index (χ1) is 13.0. The first-order valence-electron chi connectivity index (χ1n) is 8.28.